The Kier molecular flexibility index (Phi) is 7.69. The van der Waals surface area contributed by atoms with E-state index in [-0.39, 0.29) is 12.0 Å². The van der Waals surface area contributed by atoms with Gasteiger partial charge in [0.1, 0.15) is 29.8 Å². The molecule has 6 rings (SSSR count). The fourth-order valence-electron chi connectivity index (χ4n) is 6.31. The number of amides is 1. The lowest BCUT2D eigenvalue weighted by Crippen LogP contribution is -2.61. The molecule has 1 N–H and O–H groups in total. The van der Waals surface area contributed by atoms with Crippen molar-refractivity contribution in [3.8, 4) is 17.6 Å². The van der Waals surface area contributed by atoms with Crippen molar-refractivity contribution in [2.24, 2.45) is 0 Å². The predicted molar refractivity (Wildman–Crippen MR) is 158 cm³/mol. The lowest BCUT2D eigenvalue weighted by atomic mass is 9.87. The monoisotopic (exact) mass is 562 g/mol. The number of nitrogens with zero attached hydrogens (tertiary/aromatic N) is 5. The van der Waals surface area contributed by atoms with Gasteiger partial charge in [0.05, 0.1) is 11.3 Å². The topological polar surface area (TPSA) is 90.9 Å². The van der Waals surface area contributed by atoms with Crippen molar-refractivity contribution in [2.75, 3.05) is 61.0 Å². The third kappa shape index (κ3) is 5.29. The summed E-state index contributed by atoms with van der Waals surface area (Å²) < 4.78 is 18.5. The van der Waals surface area contributed by atoms with E-state index in [0.717, 1.165) is 86.3 Å². The molecule has 0 unspecified atom stereocenters. The Bertz CT molecular complexity index is 1360. The van der Waals surface area contributed by atoms with E-state index in [1.807, 2.05) is 11.8 Å². The zero-order valence-corrected chi connectivity index (χ0v) is 24.4. The Hall–Kier alpha value is -3.16. The molecule has 3 fully saturated rings. The third-order valence-corrected chi connectivity index (χ3v) is 9.91. The van der Waals surface area contributed by atoms with Gasteiger partial charge in [-0.15, -0.1) is 0 Å². The molecule has 5 heterocycles. The molecular formula is C30H38N6O3S. The number of anilines is 3. The van der Waals surface area contributed by atoms with Crippen LogP contribution >= 0.6 is 0 Å². The summed E-state index contributed by atoms with van der Waals surface area (Å²) in [5.74, 6) is 9.89. The van der Waals surface area contributed by atoms with Crippen LogP contribution < -0.4 is 15.0 Å². The molecule has 4 aliphatic rings. The van der Waals surface area contributed by atoms with Crippen LogP contribution in [0.4, 0.5) is 17.3 Å². The van der Waals surface area contributed by atoms with Gasteiger partial charge in [-0.25, -0.2) is 9.97 Å². The van der Waals surface area contributed by atoms with E-state index in [1.54, 1.807) is 6.33 Å². The Morgan fingerprint density at radius 3 is 2.62 bits per heavy atom. The predicted octanol–water partition coefficient (Wildman–Crippen LogP) is 3.35. The van der Waals surface area contributed by atoms with Gasteiger partial charge in [-0.3, -0.25) is 13.9 Å². The van der Waals surface area contributed by atoms with Crippen LogP contribution in [0.15, 0.2) is 18.5 Å². The number of benzene rings is 1. The molecule has 0 aliphatic carbocycles. The molecule has 9 nitrogen and oxygen atoms in total. The molecule has 40 heavy (non-hydrogen) atoms. The fraction of sp³-hybridized carbons (Fsp3) is 0.567. The van der Waals surface area contributed by atoms with Crippen LogP contribution in [0.5, 0.6) is 5.75 Å². The number of aryl methyl sites for hydroxylation is 1. The first-order chi connectivity index (χ1) is 19.4. The quantitative estimate of drug-likeness (QED) is 0.570. The molecule has 4 aliphatic heterocycles. The van der Waals surface area contributed by atoms with Gasteiger partial charge in [0.2, 0.25) is 0 Å². The highest BCUT2D eigenvalue weighted by atomic mass is 32.2. The molecule has 1 aromatic heterocycles. The summed E-state index contributed by atoms with van der Waals surface area (Å²) in [5, 5.41) is 3.60. The molecule has 2 aromatic rings. The first-order valence-corrected chi connectivity index (χ1v) is 15.9. The normalized spacial score (nSPS) is 22.1. The van der Waals surface area contributed by atoms with Crippen LogP contribution in [0.1, 0.15) is 61.8 Å². The number of ether oxygens (including phenoxy) is 1. The van der Waals surface area contributed by atoms with Gasteiger partial charge >= 0.3 is 0 Å². The van der Waals surface area contributed by atoms with E-state index < -0.39 is 10.8 Å². The van der Waals surface area contributed by atoms with Crippen LogP contribution in [-0.4, -0.2) is 86.7 Å². The van der Waals surface area contributed by atoms with Crippen LogP contribution in [0.3, 0.4) is 0 Å². The van der Waals surface area contributed by atoms with Crippen LogP contribution in [0, 0.1) is 18.8 Å². The van der Waals surface area contributed by atoms with Gasteiger partial charge in [0, 0.05) is 60.9 Å². The first-order valence-electron chi connectivity index (χ1n) is 14.5. The van der Waals surface area contributed by atoms with Gasteiger partial charge in [-0.1, -0.05) is 18.9 Å². The standard InChI is InChI=1S/C30H38N6O3S/c1-4-5-6-26(37)36-17-24(18-36)34-9-7-22(8-10-34)23-15-20(2)28-25(16-23)33-29-27(21(3)39-28)30(32-19-31-29)35-11-13-40(38)14-12-35/h15-16,19,21-22,24H,4,7-14,17-18H2,1-3H3,(H,31,32,33)/t21-/m1/s1. The van der Waals surface area contributed by atoms with E-state index >= 15 is 0 Å². The summed E-state index contributed by atoms with van der Waals surface area (Å²) in [5.41, 5.74) is 4.35. The van der Waals surface area contributed by atoms with Gasteiger partial charge in [-0.05, 0) is 68.8 Å². The molecule has 0 bridgehead atoms. The number of hydrogen-bond donors (Lipinski definition) is 1. The van der Waals surface area contributed by atoms with Crippen LogP contribution in [0.25, 0.3) is 0 Å². The maximum Gasteiger partial charge on any atom is 0.298 e. The number of rotatable bonds is 3. The van der Waals surface area contributed by atoms with E-state index in [4.69, 9.17) is 4.74 Å². The molecule has 0 radical (unpaired) electrons. The van der Waals surface area contributed by atoms with Gasteiger partial charge in [-0.2, -0.15) is 0 Å². The first kappa shape index (κ1) is 27.0. The summed E-state index contributed by atoms with van der Waals surface area (Å²) in [7, 11) is -0.752. The Morgan fingerprint density at radius 2 is 1.90 bits per heavy atom. The molecule has 1 aromatic carbocycles. The van der Waals surface area contributed by atoms with E-state index in [2.05, 4.69) is 62.9 Å². The number of carbonyl (C=O) groups is 1. The Morgan fingerprint density at radius 1 is 1.15 bits per heavy atom. The molecule has 3 saturated heterocycles. The number of likely N-dealkylation sites (tertiary alicyclic amines) is 2. The van der Waals surface area contributed by atoms with Crippen molar-refractivity contribution in [1.82, 2.24) is 19.8 Å². The average Bonchev–Trinajstić information content (AvgIpc) is 3.08. The van der Waals surface area contributed by atoms with E-state index in [0.29, 0.717) is 29.9 Å². The minimum Gasteiger partial charge on any atom is -0.483 e. The number of carbonyl (C=O) groups excluding carboxylic acids is 1. The van der Waals surface area contributed by atoms with Crippen LogP contribution in [-0.2, 0) is 15.6 Å². The minimum atomic E-state index is -0.752. The Balaban J connectivity index is 1.15. The van der Waals surface area contributed by atoms with Gasteiger partial charge in [0.15, 0.2) is 0 Å². The molecule has 1 atom stereocenters. The lowest BCUT2D eigenvalue weighted by molar-refractivity contribution is -0.132. The largest absolute Gasteiger partial charge is 0.483 e. The molecule has 10 heteroatoms. The van der Waals surface area contributed by atoms with E-state index in [1.165, 1.54) is 5.56 Å². The highest BCUT2D eigenvalue weighted by Crippen LogP contribution is 2.45. The molecule has 0 spiro atoms. The van der Waals surface area contributed by atoms with Crippen molar-refractivity contribution in [1.29, 1.82) is 0 Å². The van der Waals surface area contributed by atoms with Gasteiger partial charge < -0.3 is 19.9 Å². The summed E-state index contributed by atoms with van der Waals surface area (Å²) in [4.78, 5) is 28.0. The SMILES string of the molecule is CCC#CC(=O)N1CC(N2CCC(c3cc(C)c4c(c3)Nc3ncnc(N5CCS(=O)CC5)c3[C@@H](C)O4)CC2)C1. The highest BCUT2D eigenvalue weighted by molar-refractivity contribution is 7.85. The second-order valence-corrected chi connectivity index (χ2v) is 12.9. The average molecular weight is 563 g/mol. The molecule has 212 valence electrons. The second-order valence-electron chi connectivity index (χ2n) is 11.2. The van der Waals surface area contributed by atoms with Crippen LogP contribution in [0.2, 0.25) is 0 Å². The molecular weight excluding hydrogens is 524 g/mol. The fourth-order valence-corrected chi connectivity index (χ4v) is 7.36. The number of aromatic nitrogens is 2. The summed E-state index contributed by atoms with van der Waals surface area (Å²) in [6.45, 7) is 11.2. The minimum absolute atomic E-state index is 0.0381. The number of piperidine rings is 1. The maximum absolute atomic E-state index is 12.1. The summed E-state index contributed by atoms with van der Waals surface area (Å²) in [6.07, 6.45) is 4.29. The molecule has 1 amide bonds. The zero-order chi connectivity index (χ0) is 27.8. The van der Waals surface area contributed by atoms with Crippen molar-refractivity contribution in [3.05, 3.63) is 35.2 Å². The lowest BCUT2D eigenvalue weighted by Gasteiger charge is -2.47. The van der Waals surface area contributed by atoms with Crippen molar-refractivity contribution in [3.63, 3.8) is 0 Å². The third-order valence-electron chi connectivity index (χ3n) is 8.63. The van der Waals surface area contributed by atoms with E-state index in [9.17, 15) is 9.00 Å². The number of nitrogens with one attached hydrogen (secondary N) is 1. The Labute approximate surface area is 239 Å². The second kappa shape index (κ2) is 11.4. The van der Waals surface area contributed by atoms with Crippen molar-refractivity contribution in [2.45, 2.75) is 58.1 Å². The highest BCUT2D eigenvalue weighted by Gasteiger charge is 2.36. The van der Waals surface area contributed by atoms with Crippen molar-refractivity contribution >= 4 is 34.0 Å². The summed E-state index contributed by atoms with van der Waals surface area (Å²) >= 11 is 0. The van der Waals surface area contributed by atoms with Crippen molar-refractivity contribution < 1.29 is 13.7 Å². The molecule has 0 saturated carbocycles. The van der Waals surface area contributed by atoms with Gasteiger partial charge in [0.25, 0.3) is 5.91 Å². The number of hydrogen-bond acceptors (Lipinski definition) is 8. The summed E-state index contributed by atoms with van der Waals surface area (Å²) in [6, 6.07) is 4.97. The smallest absolute Gasteiger partial charge is 0.298 e. The maximum atomic E-state index is 12.1. The zero-order valence-electron chi connectivity index (χ0n) is 23.6. The number of fused-ring (bicyclic) bond motifs is 2.